The first kappa shape index (κ1) is 19.5. The van der Waals surface area contributed by atoms with Crippen LogP contribution in [0.3, 0.4) is 0 Å². The van der Waals surface area contributed by atoms with E-state index in [1.807, 2.05) is 12.3 Å². The summed E-state index contributed by atoms with van der Waals surface area (Å²) in [6.45, 7) is 2.11. The van der Waals surface area contributed by atoms with Gasteiger partial charge >= 0.3 is 0 Å². The maximum Gasteiger partial charge on any atom is 0.251 e. The van der Waals surface area contributed by atoms with E-state index in [2.05, 4.69) is 10.4 Å². The van der Waals surface area contributed by atoms with Crippen molar-refractivity contribution in [3.63, 3.8) is 0 Å². The second-order valence-electron chi connectivity index (χ2n) is 6.51. The highest BCUT2D eigenvalue weighted by molar-refractivity contribution is 7.89. The maximum atomic E-state index is 12.8. The van der Waals surface area contributed by atoms with Crippen LogP contribution in [0.1, 0.15) is 23.2 Å². The number of hydrogen-bond acceptors (Lipinski definition) is 5. The number of benzene rings is 1. The van der Waals surface area contributed by atoms with E-state index in [1.54, 1.807) is 30.1 Å². The first-order valence-corrected chi connectivity index (χ1v) is 10.3. The van der Waals surface area contributed by atoms with E-state index in [-0.39, 0.29) is 16.8 Å². The lowest BCUT2D eigenvalue weighted by atomic mass is 10.2. The molecule has 1 fully saturated rings. The molecule has 0 spiro atoms. The van der Waals surface area contributed by atoms with Crippen LogP contribution in [0.5, 0.6) is 0 Å². The lowest BCUT2D eigenvalue weighted by molar-refractivity contribution is 0.0929. The van der Waals surface area contributed by atoms with Crippen molar-refractivity contribution in [1.29, 1.82) is 0 Å². The van der Waals surface area contributed by atoms with Gasteiger partial charge in [0.25, 0.3) is 5.91 Å². The van der Waals surface area contributed by atoms with E-state index in [0.29, 0.717) is 38.3 Å². The lowest BCUT2D eigenvalue weighted by Crippen LogP contribution is -2.35. The summed E-state index contributed by atoms with van der Waals surface area (Å²) in [6, 6.07) is 7.93. The Labute approximate surface area is 159 Å². The van der Waals surface area contributed by atoms with Crippen LogP contribution in [0, 0.1) is 0 Å². The number of carbonyl (C=O) groups is 1. The summed E-state index contributed by atoms with van der Waals surface area (Å²) in [4.78, 5) is 12.5. The van der Waals surface area contributed by atoms with E-state index in [4.69, 9.17) is 4.74 Å². The number of sulfonamides is 1. The third kappa shape index (κ3) is 4.94. The zero-order chi connectivity index (χ0) is 19.3. The number of nitrogens with zero attached hydrogens (tertiary/aromatic N) is 3. The molecule has 1 saturated heterocycles. The Balaban J connectivity index is 1.63. The smallest absolute Gasteiger partial charge is 0.251 e. The number of carbonyl (C=O) groups excluding carboxylic acids is 1. The quantitative estimate of drug-likeness (QED) is 0.726. The SMILES string of the molecule is CN(CCCn1cccn1)S(=O)(=O)c1cccc(C(=O)N[C@@H]2CCOC2)c1. The van der Waals surface area contributed by atoms with Gasteiger partial charge in [-0.3, -0.25) is 9.48 Å². The molecular formula is C18H24N4O4S. The highest BCUT2D eigenvalue weighted by Crippen LogP contribution is 2.17. The summed E-state index contributed by atoms with van der Waals surface area (Å²) in [5.41, 5.74) is 0.327. The van der Waals surface area contributed by atoms with E-state index >= 15 is 0 Å². The Bertz CT molecular complexity index is 861. The van der Waals surface area contributed by atoms with E-state index in [0.717, 1.165) is 6.42 Å². The molecule has 1 aromatic carbocycles. The van der Waals surface area contributed by atoms with Crippen LogP contribution in [0.4, 0.5) is 0 Å². The normalized spacial score (nSPS) is 17.3. The predicted octanol–water partition coefficient (Wildman–Crippen LogP) is 1.11. The highest BCUT2D eigenvalue weighted by atomic mass is 32.2. The van der Waals surface area contributed by atoms with Crippen molar-refractivity contribution in [3.05, 3.63) is 48.3 Å². The Kier molecular flexibility index (Phi) is 6.25. The topological polar surface area (TPSA) is 93.5 Å². The minimum absolute atomic E-state index is 0.0252. The second kappa shape index (κ2) is 8.64. The molecule has 8 nitrogen and oxygen atoms in total. The van der Waals surface area contributed by atoms with Gasteiger partial charge in [0.15, 0.2) is 0 Å². The van der Waals surface area contributed by atoms with E-state index in [9.17, 15) is 13.2 Å². The Hall–Kier alpha value is -2.23. The molecule has 1 aliphatic rings. The number of rotatable bonds is 8. The van der Waals surface area contributed by atoms with Crippen molar-refractivity contribution in [2.75, 3.05) is 26.8 Å². The van der Waals surface area contributed by atoms with Crippen molar-refractivity contribution in [1.82, 2.24) is 19.4 Å². The van der Waals surface area contributed by atoms with Crippen molar-refractivity contribution < 1.29 is 17.9 Å². The van der Waals surface area contributed by atoms with E-state index < -0.39 is 10.0 Å². The molecule has 1 amide bonds. The van der Waals surface area contributed by atoms with Crippen LogP contribution in [0.15, 0.2) is 47.6 Å². The third-order valence-electron chi connectivity index (χ3n) is 4.49. The Morgan fingerprint density at radius 1 is 1.41 bits per heavy atom. The first-order chi connectivity index (χ1) is 13.0. The first-order valence-electron chi connectivity index (χ1n) is 8.89. The van der Waals surface area contributed by atoms with Gasteiger partial charge in [-0.2, -0.15) is 5.10 Å². The summed E-state index contributed by atoms with van der Waals surface area (Å²) in [6.07, 6.45) is 4.93. The molecule has 3 rings (SSSR count). The zero-order valence-electron chi connectivity index (χ0n) is 15.2. The molecule has 0 aliphatic carbocycles. The Morgan fingerprint density at radius 3 is 2.96 bits per heavy atom. The average Bonchev–Trinajstić information content (AvgIpc) is 3.35. The van der Waals surface area contributed by atoms with Crippen LogP contribution >= 0.6 is 0 Å². The van der Waals surface area contributed by atoms with Crippen LogP contribution in [0.25, 0.3) is 0 Å². The molecule has 146 valence electrons. The maximum absolute atomic E-state index is 12.8. The minimum atomic E-state index is -3.66. The van der Waals surface area contributed by atoms with E-state index in [1.165, 1.54) is 16.4 Å². The third-order valence-corrected chi connectivity index (χ3v) is 6.34. The fraction of sp³-hybridized carbons (Fsp3) is 0.444. The summed E-state index contributed by atoms with van der Waals surface area (Å²) < 4.78 is 33.9. The van der Waals surface area contributed by atoms with Gasteiger partial charge in [-0.05, 0) is 37.1 Å². The van der Waals surface area contributed by atoms with Crippen LogP contribution in [0.2, 0.25) is 0 Å². The van der Waals surface area contributed by atoms with Gasteiger partial charge in [0, 0.05) is 44.7 Å². The monoisotopic (exact) mass is 392 g/mol. The van der Waals surface area contributed by atoms with Gasteiger partial charge < -0.3 is 10.1 Å². The highest BCUT2D eigenvalue weighted by Gasteiger charge is 2.23. The van der Waals surface area contributed by atoms with Gasteiger partial charge in [0.1, 0.15) is 0 Å². The summed E-state index contributed by atoms with van der Waals surface area (Å²) in [7, 11) is -2.12. The van der Waals surface area contributed by atoms with Crippen LogP contribution in [-0.2, 0) is 21.3 Å². The fourth-order valence-electron chi connectivity index (χ4n) is 2.90. The summed E-state index contributed by atoms with van der Waals surface area (Å²) in [5.74, 6) is -0.288. The number of aromatic nitrogens is 2. The van der Waals surface area contributed by atoms with Crippen molar-refractivity contribution >= 4 is 15.9 Å². The van der Waals surface area contributed by atoms with Gasteiger partial charge in [0.2, 0.25) is 10.0 Å². The Morgan fingerprint density at radius 2 is 2.26 bits per heavy atom. The molecule has 0 bridgehead atoms. The van der Waals surface area contributed by atoms with Gasteiger partial charge in [0.05, 0.1) is 17.5 Å². The number of aryl methyl sites for hydroxylation is 1. The molecule has 1 aromatic heterocycles. The summed E-state index contributed by atoms with van der Waals surface area (Å²) in [5, 5.41) is 6.97. The number of ether oxygens (including phenoxy) is 1. The zero-order valence-corrected chi connectivity index (χ0v) is 16.1. The lowest BCUT2D eigenvalue weighted by Gasteiger charge is -2.18. The molecule has 1 N–H and O–H groups in total. The predicted molar refractivity (Wildman–Crippen MR) is 99.8 cm³/mol. The van der Waals surface area contributed by atoms with Gasteiger partial charge in [-0.15, -0.1) is 0 Å². The molecule has 9 heteroatoms. The molecule has 27 heavy (non-hydrogen) atoms. The molecule has 1 atom stereocenters. The summed E-state index contributed by atoms with van der Waals surface area (Å²) >= 11 is 0. The van der Waals surface area contributed by atoms with Crippen LogP contribution < -0.4 is 5.32 Å². The minimum Gasteiger partial charge on any atom is -0.379 e. The molecule has 0 radical (unpaired) electrons. The van der Waals surface area contributed by atoms with Gasteiger partial charge in [-0.1, -0.05) is 6.07 Å². The average molecular weight is 392 g/mol. The molecule has 0 saturated carbocycles. The second-order valence-corrected chi connectivity index (χ2v) is 8.56. The number of nitrogens with one attached hydrogen (secondary N) is 1. The standard InChI is InChI=1S/C18H24N4O4S/c1-21(9-4-11-22-10-3-8-19-22)27(24,25)17-6-2-5-15(13-17)18(23)20-16-7-12-26-14-16/h2-3,5-6,8,10,13,16H,4,7,9,11-12,14H2,1H3,(H,20,23)/t16-/m1/s1. The molecule has 1 aliphatic heterocycles. The molecule has 2 aromatic rings. The van der Waals surface area contributed by atoms with Crippen molar-refractivity contribution in [2.45, 2.75) is 30.3 Å². The largest absolute Gasteiger partial charge is 0.379 e. The molecular weight excluding hydrogens is 368 g/mol. The van der Waals surface area contributed by atoms with Crippen molar-refractivity contribution in [3.8, 4) is 0 Å². The fourth-order valence-corrected chi connectivity index (χ4v) is 4.16. The van der Waals surface area contributed by atoms with Crippen molar-refractivity contribution in [2.24, 2.45) is 0 Å². The molecule has 2 heterocycles. The van der Waals surface area contributed by atoms with Gasteiger partial charge in [-0.25, -0.2) is 12.7 Å². The molecule has 0 unspecified atom stereocenters. The van der Waals surface area contributed by atoms with Crippen LogP contribution in [-0.4, -0.2) is 61.3 Å². The number of hydrogen-bond donors (Lipinski definition) is 1. The number of amides is 1.